The summed E-state index contributed by atoms with van der Waals surface area (Å²) < 4.78 is 5.30. The van der Waals surface area contributed by atoms with E-state index in [1.54, 1.807) is 11.8 Å². The summed E-state index contributed by atoms with van der Waals surface area (Å²) in [5.74, 6) is -0.107. The zero-order valence-electron chi connectivity index (χ0n) is 16.1. The molecule has 0 saturated carbocycles. The molecule has 0 aromatic heterocycles. The summed E-state index contributed by atoms with van der Waals surface area (Å²) in [4.78, 5) is 31.7. The normalized spacial score (nSPS) is 22.0. The van der Waals surface area contributed by atoms with E-state index in [-0.39, 0.29) is 17.8 Å². The Bertz CT molecular complexity index is 839. The molecule has 1 aromatic rings. The molecule has 1 fully saturated rings. The van der Waals surface area contributed by atoms with Crippen molar-refractivity contribution in [3.63, 3.8) is 0 Å². The first-order valence-corrected chi connectivity index (χ1v) is 9.90. The minimum atomic E-state index is -0.527. The van der Waals surface area contributed by atoms with Gasteiger partial charge < -0.3 is 4.74 Å². The lowest BCUT2D eigenvalue weighted by molar-refractivity contribution is -0.139. The van der Waals surface area contributed by atoms with E-state index in [4.69, 9.17) is 4.74 Å². The summed E-state index contributed by atoms with van der Waals surface area (Å²) in [6.07, 6.45) is 1.52. The fraction of sp³-hybridized carbons (Fsp3) is 0.381. The van der Waals surface area contributed by atoms with Crippen molar-refractivity contribution in [3.05, 3.63) is 59.3 Å². The Labute approximate surface area is 164 Å². The van der Waals surface area contributed by atoms with Crippen LogP contribution in [0.1, 0.15) is 50.8 Å². The summed E-state index contributed by atoms with van der Waals surface area (Å²) in [5, 5.41) is 0.417. The van der Waals surface area contributed by atoms with Crippen LogP contribution < -0.4 is 0 Å². The third kappa shape index (κ3) is 3.58. The van der Waals surface area contributed by atoms with E-state index < -0.39 is 12.0 Å². The molecule has 27 heavy (non-hydrogen) atoms. The fourth-order valence-corrected chi connectivity index (χ4v) is 4.28. The van der Waals surface area contributed by atoms with Gasteiger partial charge in [0, 0.05) is 0 Å². The van der Waals surface area contributed by atoms with Crippen molar-refractivity contribution in [1.82, 2.24) is 4.90 Å². The highest BCUT2D eigenvalue weighted by Gasteiger charge is 2.46. The highest BCUT2D eigenvalue weighted by molar-refractivity contribution is 8.15. The second-order valence-electron chi connectivity index (χ2n) is 6.97. The van der Waals surface area contributed by atoms with Crippen LogP contribution in [0.4, 0.5) is 0 Å². The molecular weight excluding hydrogens is 360 g/mol. The van der Waals surface area contributed by atoms with E-state index in [0.717, 1.165) is 5.56 Å². The molecule has 0 radical (unpaired) electrons. The molecule has 2 aliphatic heterocycles. The molecule has 0 bridgehead atoms. The Balaban J connectivity index is 2.08. The fourth-order valence-electron chi connectivity index (χ4n) is 3.25. The van der Waals surface area contributed by atoms with Gasteiger partial charge in [-0.15, -0.1) is 0 Å². The maximum absolute atomic E-state index is 12.8. The highest BCUT2D eigenvalue weighted by Crippen LogP contribution is 2.43. The van der Waals surface area contributed by atoms with Crippen LogP contribution in [0, 0.1) is 0 Å². The van der Waals surface area contributed by atoms with Gasteiger partial charge in [0.25, 0.3) is 0 Å². The van der Waals surface area contributed by atoms with Crippen LogP contribution in [-0.4, -0.2) is 33.8 Å². The van der Waals surface area contributed by atoms with Crippen LogP contribution in [0.25, 0.3) is 0 Å². The van der Waals surface area contributed by atoms with Crippen molar-refractivity contribution in [2.75, 3.05) is 6.61 Å². The average Bonchev–Trinajstić information content (AvgIpc) is 2.92. The highest BCUT2D eigenvalue weighted by atomic mass is 32.2. The topological polar surface area (TPSA) is 59.0 Å². The zero-order valence-corrected chi connectivity index (χ0v) is 16.9. The van der Waals surface area contributed by atoms with Crippen molar-refractivity contribution in [2.24, 2.45) is 4.99 Å². The molecule has 1 aromatic carbocycles. The van der Waals surface area contributed by atoms with E-state index in [1.807, 2.05) is 31.2 Å². The SMILES string of the molecule is C=CCOC(=O)C1=C(C)N=C2S[C@H](C)C(=O)N2[C@@H]1c1ccc(C(C)C)cc1. The number of carbonyl (C=O) groups excluding carboxylic acids is 2. The number of rotatable bonds is 5. The monoisotopic (exact) mass is 384 g/mol. The van der Waals surface area contributed by atoms with E-state index in [9.17, 15) is 9.59 Å². The smallest absolute Gasteiger partial charge is 0.338 e. The van der Waals surface area contributed by atoms with Crippen LogP contribution in [-0.2, 0) is 14.3 Å². The molecule has 0 N–H and O–H groups in total. The number of amidine groups is 1. The van der Waals surface area contributed by atoms with Gasteiger partial charge in [-0.25, -0.2) is 9.79 Å². The predicted octanol–water partition coefficient (Wildman–Crippen LogP) is 4.19. The number of allylic oxidation sites excluding steroid dienone is 1. The van der Waals surface area contributed by atoms with E-state index in [1.165, 1.54) is 23.4 Å². The summed E-state index contributed by atoms with van der Waals surface area (Å²) in [6, 6.07) is 7.53. The Morgan fingerprint density at radius 2 is 2.04 bits per heavy atom. The molecule has 5 nitrogen and oxygen atoms in total. The number of benzene rings is 1. The van der Waals surface area contributed by atoms with Crippen LogP contribution >= 0.6 is 11.8 Å². The molecular formula is C21H24N2O3S. The minimum absolute atomic E-state index is 0.0433. The number of nitrogens with zero attached hydrogens (tertiary/aromatic N) is 2. The number of ether oxygens (including phenoxy) is 1. The number of hydrogen-bond acceptors (Lipinski definition) is 5. The molecule has 6 heteroatoms. The van der Waals surface area contributed by atoms with Gasteiger partial charge in [0.15, 0.2) is 5.17 Å². The molecule has 3 rings (SSSR count). The lowest BCUT2D eigenvalue weighted by Crippen LogP contribution is -2.40. The summed E-state index contributed by atoms with van der Waals surface area (Å²) >= 11 is 1.42. The number of esters is 1. The average molecular weight is 385 g/mol. The molecule has 142 valence electrons. The van der Waals surface area contributed by atoms with Crippen LogP contribution in [0.5, 0.6) is 0 Å². The Morgan fingerprint density at radius 1 is 1.37 bits per heavy atom. The van der Waals surface area contributed by atoms with Gasteiger partial charge >= 0.3 is 5.97 Å². The van der Waals surface area contributed by atoms with Gasteiger partial charge in [0.1, 0.15) is 6.61 Å². The third-order valence-electron chi connectivity index (χ3n) is 4.73. The molecule has 1 amide bonds. The van der Waals surface area contributed by atoms with Gasteiger partial charge in [-0.1, -0.05) is 62.5 Å². The lowest BCUT2D eigenvalue weighted by Gasteiger charge is -2.33. The molecule has 2 atom stereocenters. The summed E-state index contributed by atoms with van der Waals surface area (Å²) in [6.45, 7) is 11.6. The third-order valence-corrected chi connectivity index (χ3v) is 5.78. The largest absolute Gasteiger partial charge is 0.458 e. The number of carbonyl (C=O) groups is 2. The first kappa shape index (κ1) is 19.4. The molecule has 0 spiro atoms. The maximum Gasteiger partial charge on any atom is 0.338 e. The number of fused-ring (bicyclic) bond motifs is 1. The molecule has 0 aliphatic carbocycles. The lowest BCUT2D eigenvalue weighted by atomic mass is 9.92. The standard InChI is InChI=1S/C21H24N2O3S/c1-6-11-26-20(25)17-13(4)22-21-23(19(24)14(5)27-21)18(17)16-9-7-15(8-10-16)12(2)3/h6-10,12,14,18H,1,11H2,2-5H3/t14-,18-/m1/s1. The Hall–Kier alpha value is -2.34. The zero-order chi connectivity index (χ0) is 19.7. The number of hydrogen-bond donors (Lipinski definition) is 0. The quantitative estimate of drug-likeness (QED) is 0.564. The second-order valence-corrected chi connectivity index (χ2v) is 8.28. The van der Waals surface area contributed by atoms with Gasteiger partial charge in [0.05, 0.1) is 22.6 Å². The minimum Gasteiger partial charge on any atom is -0.458 e. The number of amides is 1. The number of thioether (sulfide) groups is 1. The van der Waals surface area contributed by atoms with Gasteiger partial charge in [-0.05, 0) is 30.9 Å². The van der Waals surface area contributed by atoms with Crippen molar-refractivity contribution in [1.29, 1.82) is 0 Å². The van der Waals surface area contributed by atoms with Crippen molar-refractivity contribution < 1.29 is 14.3 Å². The molecule has 2 heterocycles. The van der Waals surface area contributed by atoms with Gasteiger partial charge in [-0.2, -0.15) is 0 Å². The van der Waals surface area contributed by atoms with Crippen molar-refractivity contribution in [2.45, 2.75) is 44.9 Å². The Kier molecular flexibility index (Phi) is 5.56. The summed E-state index contributed by atoms with van der Waals surface area (Å²) in [7, 11) is 0. The van der Waals surface area contributed by atoms with Crippen molar-refractivity contribution >= 4 is 28.8 Å². The Morgan fingerprint density at radius 3 is 2.63 bits per heavy atom. The summed E-state index contributed by atoms with van der Waals surface area (Å²) in [5.41, 5.74) is 3.07. The first-order chi connectivity index (χ1) is 12.8. The molecule has 2 aliphatic rings. The van der Waals surface area contributed by atoms with E-state index in [2.05, 4.69) is 25.4 Å². The van der Waals surface area contributed by atoms with Gasteiger partial charge in [-0.3, -0.25) is 9.69 Å². The first-order valence-electron chi connectivity index (χ1n) is 9.02. The van der Waals surface area contributed by atoms with E-state index >= 15 is 0 Å². The van der Waals surface area contributed by atoms with E-state index in [0.29, 0.717) is 22.4 Å². The number of aliphatic imine (C=N–C) groups is 1. The van der Waals surface area contributed by atoms with Crippen LogP contribution in [0.15, 0.2) is 53.2 Å². The maximum atomic E-state index is 12.8. The second kappa shape index (κ2) is 7.72. The van der Waals surface area contributed by atoms with Crippen LogP contribution in [0.2, 0.25) is 0 Å². The van der Waals surface area contributed by atoms with Crippen LogP contribution in [0.3, 0.4) is 0 Å². The predicted molar refractivity (Wildman–Crippen MR) is 108 cm³/mol. The molecule has 0 unspecified atom stereocenters. The van der Waals surface area contributed by atoms with Crippen molar-refractivity contribution in [3.8, 4) is 0 Å². The van der Waals surface area contributed by atoms with Gasteiger partial charge in [0.2, 0.25) is 5.91 Å². The molecule has 1 saturated heterocycles.